The lowest BCUT2D eigenvalue weighted by Crippen LogP contribution is -2.07. The maximum atomic E-state index is 12.4. The molecule has 0 bridgehead atoms. The molecule has 0 aliphatic rings. The Balaban J connectivity index is 2.21. The minimum atomic E-state index is 0.208. The van der Waals surface area contributed by atoms with E-state index in [1.165, 1.54) is 5.56 Å². The average Bonchev–Trinajstić information content (AvgIpc) is 2.39. The molecule has 0 aliphatic heterocycles. The van der Waals surface area contributed by atoms with E-state index < -0.39 is 0 Å². The Hall–Kier alpha value is -1.89. The number of aryl methyl sites for hydroxylation is 3. The number of ketones is 1. The second-order valence-corrected chi connectivity index (χ2v) is 5.04. The predicted octanol–water partition coefficient (Wildman–Crippen LogP) is 4.29. The summed E-state index contributed by atoms with van der Waals surface area (Å²) in [5.74, 6) is 0.208. The van der Waals surface area contributed by atoms with E-state index in [2.05, 4.69) is 31.2 Å². The van der Waals surface area contributed by atoms with Crippen molar-refractivity contribution in [2.75, 3.05) is 0 Å². The molecule has 0 saturated heterocycles. The minimum absolute atomic E-state index is 0.208. The van der Waals surface area contributed by atoms with Gasteiger partial charge in [-0.1, -0.05) is 49.4 Å². The Bertz CT molecular complexity index is 559. The number of rotatable bonds is 4. The van der Waals surface area contributed by atoms with E-state index in [0.717, 1.165) is 28.7 Å². The molecule has 0 aromatic heterocycles. The van der Waals surface area contributed by atoms with E-state index in [9.17, 15) is 4.79 Å². The average molecular weight is 252 g/mol. The molecule has 0 heterocycles. The van der Waals surface area contributed by atoms with Gasteiger partial charge in [0, 0.05) is 12.0 Å². The summed E-state index contributed by atoms with van der Waals surface area (Å²) in [6.07, 6.45) is 1.51. The molecular weight excluding hydrogens is 232 g/mol. The molecule has 19 heavy (non-hydrogen) atoms. The summed E-state index contributed by atoms with van der Waals surface area (Å²) < 4.78 is 0. The molecule has 1 heteroatoms. The Morgan fingerprint density at radius 2 is 1.42 bits per heavy atom. The van der Waals surface area contributed by atoms with Crippen LogP contribution in [-0.2, 0) is 12.8 Å². The van der Waals surface area contributed by atoms with E-state index >= 15 is 0 Å². The lowest BCUT2D eigenvalue weighted by atomic mass is 9.95. The first-order chi connectivity index (χ1) is 9.11. The predicted molar refractivity (Wildman–Crippen MR) is 79.8 cm³/mol. The SMILES string of the molecule is CCc1ccc(CC(=O)c2c(C)cccc2C)cc1. The van der Waals surface area contributed by atoms with E-state index in [-0.39, 0.29) is 5.78 Å². The normalized spacial score (nSPS) is 10.5. The summed E-state index contributed by atoms with van der Waals surface area (Å²) in [5.41, 5.74) is 5.40. The number of Topliss-reactive ketones (excluding diaryl/α,β-unsaturated/α-hetero) is 1. The van der Waals surface area contributed by atoms with Gasteiger partial charge in [0.05, 0.1) is 0 Å². The van der Waals surface area contributed by atoms with Gasteiger partial charge in [-0.25, -0.2) is 0 Å². The van der Waals surface area contributed by atoms with Crippen molar-refractivity contribution in [3.05, 3.63) is 70.3 Å². The van der Waals surface area contributed by atoms with Gasteiger partial charge in [0.2, 0.25) is 0 Å². The monoisotopic (exact) mass is 252 g/mol. The van der Waals surface area contributed by atoms with Crippen LogP contribution in [0.15, 0.2) is 42.5 Å². The highest BCUT2D eigenvalue weighted by Gasteiger charge is 2.12. The maximum absolute atomic E-state index is 12.4. The molecule has 0 fully saturated rings. The Morgan fingerprint density at radius 3 is 1.95 bits per heavy atom. The van der Waals surface area contributed by atoms with Crippen LogP contribution in [-0.4, -0.2) is 5.78 Å². The van der Waals surface area contributed by atoms with Crippen molar-refractivity contribution in [3.8, 4) is 0 Å². The Kier molecular flexibility index (Phi) is 4.16. The maximum Gasteiger partial charge on any atom is 0.167 e. The first-order valence-electron chi connectivity index (χ1n) is 6.79. The van der Waals surface area contributed by atoms with Crippen molar-refractivity contribution < 1.29 is 4.79 Å². The topological polar surface area (TPSA) is 17.1 Å². The lowest BCUT2D eigenvalue weighted by Gasteiger charge is -2.09. The zero-order valence-corrected chi connectivity index (χ0v) is 11.9. The highest BCUT2D eigenvalue weighted by molar-refractivity contribution is 6.00. The standard InChI is InChI=1S/C18H20O/c1-4-15-8-10-16(11-9-15)12-17(19)18-13(2)6-5-7-14(18)3/h5-11H,4,12H2,1-3H3. The van der Waals surface area contributed by atoms with E-state index in [4.69, 9.17) is 0 Å². The zero-order chi connectivity index (χ0) is 13.8. The van der Waals surface area contributed by atoms with Gasteiger partial charge in [-0.3, -0.25) is 4.79 Å². The van der Waals surface area contributed by atoms with Crippen molar-refractivity contribution in [3.63, 3.8) is 0 Å². The summed E-state index contributed by atoms with van der Waals surface area (Å²) in [4.78, 5) is 12.4. The van der Waals surface area contributed by atoms with Crippen LogP contribution in [0.2, 0.25) is 0 Å². The molecule has 0 N–H and O–H groups in total. The van der Waals surface area contributed by atoms with Crippen LogP contribution in [0, 0.1) is 13.8 Å². The molecular formula is C18H20O. The van der Waals surface area contributed by atoms with Crippen molar-refractivity contribution >= 4 is 5.78 Å². The van der Waals surface area contributed by atoms with Gasteiger partial charge in [-0.05, 0) is 42.5 Å². The van der Waals surface area contributed by atoms with Crippen molar-refractivity contribution in [2.45, 2.75) is 33.6 Å². The van der Waals surface area contributed by atoms with Crippen LogP contribution < -0.4 is 0 Å². The molecule has 1 nitrogen and oxygen atoms in total. The van der Waals surface area contributed by atoms with Gasteiger partial charge < -0.3 is 0 Å². The number of hydrogen-bond acceptors (Lipinski definition) is 1. The Morgan fingerprint density at radius 1 is 0.895 bits per heavy atom. The highest BCUT2D eigenvalue weighted by Crippen LogP contribution is 2.16. The van der Waals surface area contributed by atoms with Crippen molar-refractivity contribution in [1.82, 2.24) is 0 Å². The lowest BCUT2D eigenvalue weighted by molar-refractivity contribution is 0.0992. The summed E-state index contributed by atoms with van der Waals surface area (Å²) in [5, 5.41) is 0. The van der Waals surface area contributed by atoms with Crippen LogP contribution >= 0.6 is 0 Å². The molecule has 0 spiro atoms. The van der Waals surface area contributed by atoms with Crippen LogP contribution in [0.25, 0.3) is 0 Å². The van der Waals surface area contributed by atoms with Crippen LogP contribution in [0.1, 0.15) is 39.5 Å². The molecule has 2 rings (SSSR count). The molecule has 0 saturated carbocycles. The van der Waals surface area contributed by atoms with Gasteiger partial charge >= 0.3 is 0 Å². The molecule has 2 aromatic rings. The third-order valence-corrected chi connectivity index (χ3v) is 3.56. The van der Waals surface area contributed by atoms with Crippen molar-refractivity contribution in [2.24, 2.45) is 0 Å². The fourth-order valence-electron chi connectivity index (χ4n) is 2.42. The first kappa shape index (κ1) is 13.5. The van der Waals surface area contributed by atoms with Crippen LogP contribution in [0.5, 0.6) is 0 Å². The highest BCUT2D eigenvalue weighted by atomic mass is 16.1. The third-order valence-electron chi connectivity index (χ3n) is 3.56. The van der Waals surface area contributed by atoms with Gasteiger partial charge in [-0.15, -0.1) is 0 Å². The van der Waals surface area contributed by atoms with Crippen LogP contribution in [0.4, 0.5) is 0 Å². The first-order valence-corrected chi connectivity index (χ1v) is 6.79. The second kappa shape index (κ2) is 5.83. The fourth-order valence-corrected chi connectivity index (χ4v) is 2.42. The number of hydrogen-bond donors (Lipinski definition) is 0. The van der Waals surface area contributed by atoms with Crippen LogP contribution in [0.3, 0.4) is 0 Å². The third kappa shape index (κ3) is 3.11. The summed E-state index contributed by atoms with van der Waals surface area (Å²) in [6.45, 7) is 6.14. The Labute approximate surface area is 115 Å². The summed E-state index contributed by atoms with van der Waals surface area (Å²) in [6, 6.07) is 14.3. The molecule has 0 amide bonds. The van der Waals surface area contributed by atoms with E-state index in [1.807, 2.05) is 32.0 Å². The minimum Gasteiger partial charge on any atom is -0.294 e. The molecule has 0 aliphatic carbocycles. The molecule has 0 radical (unpaired) electrons. The summed E-state index contributed by atoms with van der Waals surface area (Å²) >= 11 is 0. The molecule has 0 atom stereocenters. The zero-order valence-electron chi connectivity index (χ0n) is 11.9. The smallest absolute Gasteiger partial charge is 0.167 e. The molecule has 98 valence electrons. The quantitative estimate of drug-likeness (QED) is 0.742. The second-order valence-electron chi connectivity index (χ2n) is 5.04. The number of carbonyl (C=O) groups excluding carboxylic acids is 1. The van der Waals surface area contributed by atoms with Crippen molar-refractivity contribution in [1.29, 1.82) is 0 Å². The molecule has 2 aromatic carbocycles. The number of benzene rings is 2. The molecule has 0 unspecified atom stereocenters. The van der Waals surface area contributed by atoms with Gasteiger partial charge in [0.1, 0.15) is 0 Å². The number of carbonyl (C=O) groups is 1. The fraction of sp³-hybridized carbons (Fsp3) is 0.278. The largest absolute Gasteiger partial charge is 0.294 e. The summed E-state index contributed by atoms with van der Waals surface area (Å²) in [7, 11) is 0. The van der Waals surface area contributed by atoms with E-state index in [1.54, 1.807) is 0 Å². The van der Waals surface area contributed by atoms with Gasteiger partial charge in [0.25, 0.3) is 0 Å². The van der Waals surface area contributed by atoms with Gasteiger partial charge in [-0.2, -0.15) is 0 Å². The van der Waals surface area contributed by atoms with E-state index in [0.29, 0.717) is 6.42 Å². The van der Waals surface area contributed by atoms with Gasteiger partial charge in [0.15, 0.2) is 5.78 Å².